The number of para-hydroxylation sites is 1. The van der Waals surface area contributed by atoms with Crippen LogP contribution in [0.2, 0.25) is 0 Å². The minimum Gasteiger partial charge on any atom is -0.490 e. The molecule has 0 aliphatic heterocycles. The third-order valence-electron chi connectivity index (χ3n) is 3.46. The fraction of sp³-hybridized carbons (Fsp3) is 0.278. The molecule has 4 heteroatoms. The van der Waals surface area contributed by atoms with Gasteiger partial charge in [0.25, 0.3) is 0 Å². The second-order valence-corrected chi connectivity index (χ2v) is 5.17. The van der Waals surface area contributed by atoms with Crippen molar-refractivity contribution in [2.45, 2.75) is 26.3 Å². The summed E-state index contributed by atoms with van der Waals surface area (Å²) < 4.78 is 18.6. The molecule has 0 aliphatic rings. The molecule has 0 radical (unpaired) electrons. The van der Waals surface area contributed by atoms with Crippen molar-refractivity contribution in [2.75, 3.05) is 6.61 Å². The van der Waals surface area contributed by atoms with Crippen molar-refractivity contribution < 1.29 is 13.9 Å². The highest BCUT2D eigenvalue weighted by atomic mass is 19.1. The molecule has 0 aliphatic carbocycles. The van der Waals surface area contributed by atoms with Crippen LogP contribution in [-0.2, 0) is 4.79 Å². The van der Waals surface area contributed by atoms with Gasteiger partial charge in [0.05, 0.1) is 19.1 Å². The molecule has 3 nitrogen and oxygen atoms in total. The predicted octanol–water partition coefficient (Wildman–Crippen LogP) is 3.78. The van der Waals surface area contributed by atoms with Crippen LogP contribution in [0, 0.1) is 12.7 Å². The van der Waals surface area contributed by atoms with Crippen LogP contribution in [-0.4, -0.2) is 12.5 Å². The number of benzene rings is 2. The van der Waals surface area contributed by atoms with Crippen molar-refractivity contribution in [3.8, 4) is 5.75 Å². The summed E-state index contributed by atoms with van der Waals surface area (Å²) in [5.41, 5.74) is 2.23. The molecule has 22 heavy (non-hydrogen) atoms. The zero-order valence-corrected chi connectivity index (χ0v) is 12.8. The number of nitrogens with one attached hydrogen (secondary N) is 1. The van der Waals surface area contributed by atoms with Crippen LogP contribution >= 0.6 is 0 Å². The van der Waals surface area contributed by atoms with E-state index < -0.39 is 5.82 Å². The Morgan fingerprint density at radius 3 is 2.59 bits per heavy atom. The molecule has 2 aromatic carbocycles. The van der Waals surface area contributed by atoms with Crippen molar-refractivity contribution in [1.29, 1.82) is 0 Å². The average Bonchev–Trinajstić information content (AvgIpc) is 2.49. The van der Waals surface area contributed by atoms with Crippen LogP contribution in [0.1, 0.15) is 30.5 Å². The molecule has 1 amide bonds. The molecule has 0 spiro atoms. The number of hydrogen-bond acceptors (Lipinski definition) is 2. The number of carbonyl (C=O) groups excluding carboxylic acids is 1. The molecule has 0 fully saturated rings. The van der Waals surface area contributed by atoms with Gasteiger partial charge in [-0.3, -0.25) is 4.79 Å². The Balaban J connectivity index is 1.81. The molecular weight excluding hydrogens is 281 g/mol. The summed E-state index contributed by atoms with van der Waals surface area (Å²) in [7, 11) is 0. The Kier molecular flexibility index (Phi) is 5.53. The number of carbonyl (C=O) groups is 1. The standard InChI is InChI=1S/C18H20FNO2/c1-13-7-3-4-8-15(13)14(2)20-18(21)11-12-22-17-10-6-5-9-16(17)19/h3-10,14H,11-12H2,1-2H3,(H,20,21). The third kappa shape index (κ3) is 4.32. The lowest BCUT2D eigenvalue weighted by molar-refractivity contribution is -0.122. The maximum Gasteiger partial charge on any atom is 0.223 e. The molecule has 1 unspecified atom stereocenters. The molecule has 1 N–H and O–H groups in total. The number of rotatable bonds is 6. The van der Waals surface area contributed by atoms with E-state index in [1.54, 1.807) is 18.2 Å². The van der Waals surface area contributed by atoms with E-state index in [1.807, 2.05) is 38.1 Å². The van der Waals surface area contributed by atoms with E-state index in [-0.39, 0.29) is 30.7 Å². The first-order valence-corrected chi connectivity index (χ1v) is 7.30. The minimum absolute atomic E-state index is 0.0674. The number of hydrogen-bond donors (Lipinski definition) is 1. The van der Waals surface area contributed by atoms with Gasteiger partial charge in [0.15, 0.2) is 11.6 Å². The smallest absolute Gasteiger partial charge is 0.223 e. The summed E-state index contributed by atoms with van der Waals surface area (Å²) in [4.78, 5) is 11.9. The molecule has 0 saturated heterocycles. The third-order valence-corrected chi connectivity index (χ3v) is 3.46. The number of ether oxygens (including phenoxy) is 1. The minimum atomic E-state index is -0.420. The van der Waals surface area contributed by atoms with Crippen molar-refractivity contribution in [3.05, 3.63) is 65.5 Å². The van der Waals surface area contributed by atoms with Gasteiger partial charge in [-0.1, -0.05) is 36.4 Å². The van der Waals surface area contributed by atoms with E-state index in [4.69, 9.17) is 4.74 Å². The van der Waals surface area contributed by atoms with Gasteiger partial charge in [-0.25, -0.2) is 4.39 Å². The Bertz CT molecular complexity index is 642. The van der Waals surface area contributed by atoms with Gasteiger partial charge in [-0.2, -0.15) is 0 Å². The van der Waals surface area contributed by atoms with Crippen molar-refractivity contribution >= 4 is 5.91 Å². The van der Waals surface area contributed by atoms with Crippen LogP contribution in [0.5, 0.6) is 5.75 Å². The summed E-state index contributed by atoms with van der Waals surface area (Å²) in [5, 5.41) is 2.93. The summed E-state index contributed by atoms with van der Waals surface area (Å²) in [6.45, 7) is 4.10. The topological polar surface area (TPSA) is 38.3 Å². The molecule has 0 bridgehead atoms. The first-order valence-electron chi connectivity index (χ1n) is 7.30. The van der Waals surface area contributed by atoms with Gasteiger partial charge in [-0.15, -0.1) is 0 Å². The normalized spacial score (nSPS) is 11.8. The lowest BCUT2D eigenvalue weighted by Gasteiger charge is -2.16. The van der Waals surface area contributed by atoms with Crippen molar-refractivity contribution in [3.63, 3.8) is 0 Å². The monoisotopic (exact) mass is 301 g/mol. The van der Waals surface area contributed by atoms with Crippen molar-refractivity contribution in [1.82, 2.24) is 5.32 Å². The van der Waals surface area contributed by atoms with E-state index in [1.165, 1.54) is 6.07 Å². The molecule has 1 atom stereocenters. The van der Waals surface area contributed by atoms with Crippen LogP contribution in [0.3, 0.4) is 0 Å². The summed E-state index contributed by atoms with van der Waals surface area (Å²) in [6.07, 6.45) is 0.185. The van der Waals surface area contributed by atoms with Gasteiger partial charge in [0.2, 0.25) is 5.91 Å². The molecule has 2 aromatic rings. The number of amides is 1. The fourth-order valence-electron chi connectivity index (χ4n) is 2.28. The second-order valence-electron chi connectivity index (χ2n) is 5.17. The molecule has 0 heterocycles. The maximum atomic E-state index is 13.4. The first-order chi connectivity index (χ1) is 10.6. The van der Waals surface area contributed by atoms with Gasteiger partial charge in [0.1, 0.15) is 0 Å². The average molecular weight is 301 g/mol. The Labute approximate surface area is 130 Å². The summed E-state index contributed by atoms with van der Waals surface area (Å²) >= 11 is 0. The van der Waals surface area contributed by atoms with Crippen LogP contribution < -0.4 is 10.1 Å². The van der Waals surface area contributed by atoms with Crippen molar-refractivity contribution in [2.24, 2.45) is 0 Å². The van der Waals surface area contributed by atoms with E-state index in [0.717, 1.165) is 11.1 Å². The highest BCUT2D eigenvalue weighted by Crippen LogP contribution is 2.17. The SMILES string of the molecule is Cc1ccccc1C(C)NC(=O)CCOc1ccccc1F. The summed E-state index contributed by atoms with van der Waals surface area (Å²) in [5.74, 6) is -0.370. The molecule has 0 saturated carbocycles. The fourth-order valence-corrected chi connectivity index (χ4v) is 2.28. The van der Waals surface area contributed by atoms with Gasteiger partial charge >= 0.3 is 0 Å². The highest BCUT2D eigenvalue weighted by Gasteiger charge is 2.11. The van der Waals surface area contributed by atoms with Gasteiger partial charge < -0.3 is 10.1 Å². The largest absolute Gasteiger partial charge is 0.490 e. The Morgan fingerprint density at radius 2 is 1.86 bits per heavy atom. The lowest BCUT2D eigenvalue weighted by atomic mass is 10.0. The maximum absolute atomic E-state index is 13.4. The lowest BCUT2D eigenvalue weighted by Crippen LogP contribution is -2.28. The zero-order valence-electron chi connectivity index (χ0n) is 12.8. The molecule has 116 valence electrons. The Morgan fingerprint density at radius 1 is 1.18 bits per heavy atom. The highest BCUT2D eigenvalue weighted by molar-refractivity contribution is 5.76. The van der Waals surface area contributed by atoms with Gasteiger partial charge in [0, 0.05) is 0 Å². The van der Waals surface area contributed by atoms with E-state index in [2.05, 4.69) is 5.32 Å². The number of aryl methyl sites for hydroxylation is 1. The predicted molar refractivity (Wildman–Crippen MR) is 84.2 cm³/mol. The Hall–Kier alpha value is -2.36. The van der Waals surface area contributed by atoms with Crippen LogP contribution in [0.15, 0.2) is 48.5 Å². The quantitative estimate of drug-likeness (QED) is 0.881. The molecule has 2 rings (SSSR count). The van der Waals surface area contributed by atoms with E-state index in [0.29, 0.717) is 0 Å². The molecular formula is C18H20FNO2. The summed E-state index contributed by atoms with van der Waals surface area (Å²) in [6, 6.07) is 14.0. The first kappa shape index (κ1) is 16.0. The van der Waals surface area contributed by atoms with Gasteiger partial charge in [-0.05, 0) is 37.1 Å². The van der Waals surface area contributed by atoms with E-state index in [9.17, 15) is 9.18 Å². The molecule has 0 aromatic heterocycles. The zero-order chi connectivity index (χ0) is 15.9. The van der Waals surface area contributed by atoms with E-state index >= 15 is 0 Å². The van der Waals surface area contributed by atoms with Crippen LogP contribution in [0.25, 0.3) is 0 Å². The second kappa shape index (κ2) is 7.59. The number of halogens is 1. The van der Waals surface area contributed by atoms with Crippen LogP contribution in [0.4, 0.5) is 4.39 Å².